The maximum atomic E-state index is 9.52. The van der Waals surface area contributed by atoms with Gasteiger partial charge >= 0.3 is 0 Å². The topological polar surface area (TPSA) is 41.5 Å². The van der Waals surface area contributed by atoms with Crippen molar-refractivity contribution in [2.75, 3.05) is 5.32 Å². The molecule has 1 aromatic carbocycles. The van der Waals surface area contributed by atoms with Crippen molar-refractivity contribution in [2.24, 2.45) is 5.92 Å². The lowest BCUT2D eigenvalue weighted by Gasteiger charge is -2.13. The van der Waals surface area contributed by atoms with Gasteiger partial charge in [0.25, 0.3) is 0 Å². The van der Waals surface area contributed by atoms with Gasteiger partial charge in [0, 0.05) is 6.07 Å². The van der Waals surface area contributed by atoms with Gasteiger partial charge in [-0.2, -0.15) is 0 Å². The molecule has 1 aliphatic rings. The lowest BCUT2D eigenvalue weighted by atomic mass is 9.95. The maximum Gasteiger partial charge on any atom is 0.194 e. The van der Waals surface area contributed by atoms with Gasteiger partial charge in [0.1, 0.15) is 5.75 Å². The normalized spacial score (nSPS) is 15.0. The molecule has 2 rings (SSSR count). The van der Waals surface area contributed by atoms with Crippen molar-refractivity contribution in [3.8, 4) is 11.5 Å². The maximum absolute atomic E-state index is 9.52. The summed E-state index contributed by atoms with van der Waals surface area (Å²) in [5, 5.41) is 12.8. The van der Waals surface area contributed by atoms with Crippen LogP contribution >= 0.6 is 0 Å². The van der Waals surface area contributed by atoms with Crippen molar-refractivity contribution in [2.45, 2.75) is 65.2 Å². The minimum atomic E-state index is 0.240. The fourth-order valence-electron chi connectivity index (χ4n) is 2.89. The van der Waals surface area contributed by atoms with E-state index in [1.165, 1.54) is 51.4 Å². The van der Waals surface area contributed by atoms with E-state index in [1.54, 1.807) is 12.1 Å². The highest BCUT2D eigenvalue weighted by atomic mass is 16.5. The first-order chi connectivity index (χ1) is 10.7. The van der Waals surface area contributed by atoms with Crippen LogP contribution in [0.3, 0.4) is 0 Å². The van der Waals surface area contributed by atoms with E-state index in [0.717, 1.165) is 11.6 Å². The van der Waals surface area contributed by atoms with Crippen LogP contribution in [-0.4, -0.2) is 5.11 Å². The van der Waals surface area contributed by atoms with Gasteiger partial charge in [0.15, 0.2) is 11.6 Å². The number of anilines is 1. The third kappa shape index (κ3) is 4.97. The Kier molecular flexibility index (Phi) is 6.63. The second kappa shape index (κ2) is 8.72. The number of unbranched alkanes of at least 4 members (excludes halogenated alkanes) is 4. The molecule has 0 radical (unpaired) electrons. The average molecular weight is 303 g/mol. The minimum absolute atomic E-state index is 0.240. The van der Waals surface area contributed by atoms with Gasteiger partial charge in [0.2, 0.25) is 0 Å². The quantitative estimate of drug-likeness (QED) is 0.446. The second-order valence-corrected chi connectivity index (χ2v) is 6.19. The number of ether oxygens (including phenoxy) is 1. The van der Waals surface area contributed by atoms with Crippen LogP contribution in [-0.2, 0) is 0 Å². The summed E-state index contributed by atoms with van der Waals surface area (Å²) in [6.45, 7) is 4.49. The highest BCUT2D eigenvalue weighted by molar-refractivity contribution is 5.65. The Labute approximate surface area is 134 Å². The van der Waals surface area contributed by atoms with Crippen molar-refractivity contribution < 1.29 is 9.84 Å². The first-order valence-electron chi connectivity index (χ1n) is 8.72. The Morgan fingerprint density at radius 3 is 2.41 bits per heavy atom. The zero-order valence-corrected chi connectivity index (χ0v) is 13.9. The first-order valence-corrected chi connectivity index (χ1v) is 8.72. The molecular formula is C19H29NO2. The molecule has 1 aromatic rings. The molecule has 0 unspecified atom stereocenters. The van der Waals surface area contributed by atoms with Crippen LogP contribution in [0.2, 0.25) is 0 Å². The number of fused-ring (bicyclic) bond motifs is 1. The fraction of sp³-hybridized carbons (Fsp3) is 0.579. The number of phenolic OH excluding ortho intramolecular Hbond substituents is 1. The van der Waals surface area contributed by atoms with Gasteiger partial charge < -0.3 is 15.2 Å². The Balaban J connectivity index is 1.96. The van der Waals surface area contributed by atoms with E-state index in [4.69, 9.17) is 4.74 Å². The van der Waals surface area contributed by atoms with E-state index in [2.05, 4.69) is 25.2 Å². The van der Waals surface area contributed by atoms with Crippen LogP contribution in [0.4, 0.5) is 5.69 Å². The molecule has 22 heavy (non-hydrogen) atoms. The van der Waals surface area contributed by atoms with Crippen molar-refractivity contribution >= 4 is 5.69 Å². The Morgan fingerprint density at radius 1 is 1.09 bits per heavy atom. The number of allylic oxidation sites excluding steroid dienone is 1. The zero-order chi connectivity index (χ0) is 15.8. The minimum Gasteiger partial charge on any atom is -0.508 e. The molecule has 0 aliphatic carbocycles. The molecule has 0 aromatic heterocycles. The summed E-state index contributed by atoms with van der Waals surface area (Å²) in [5.74, 6) is 2.35. The molecule has 0 saturated carbocycles. The lowest BCUT2D eigenvalue weighted by Crippen LogP contribution is -2.04. The molecule has 0 fully saturated rings. The van der Waals surface area contributed by atoms with Gasteiger partial charge in [-0.1, -0.05) is 52.4 Å². The van der Waals surface area contributed by atoms with Crippen molar-refractivity contribution in [1.29, 1.82) is 0 Å². The van der Waals surface area contributed by atoms with Crippen LogP contribution in [0.5, 0.6) is 11.5 Å². The van der Waals surface area contributed by atoms with Crippen LogP contribution in [0.1, 0.15) is 65.2 Å². The van der Waals surface area contributed by atoms with Crippen LogP contribution < -0.4 is 10.1 Å². The molecule has 0 bridgehead atoms. The Morgan fingerprint density at radius 2 is 1.77 bits per heavy atom. The van der Waals surface area contributed by atoms with Gasteiger partial charge in [-0.15, -0.1) is 0 Å². The largest absolute Gasteiger partial charge is 0.508 e. The molecule has 3 heteroatoms. The Bertz CT molecular complexity index is 486. The average Bonchev–Trinajstić information content (AvgIpc) is 2.89. The highest BCUT2D eigenvalue weighted by Crippen LogP contribution is 2.36. The summed E-state index contributed by atoms with van der Waals surface area (Å²) in [4.78, 5) is 0. The molecule has 0 saturated heterocycles. The standard InChI is InChI=1S/C19H29NO2/c1-3-5-7-9-15(10-8-6-4-2)13-19-20-17-12-11-16(21)14-18(17)22-19/h11-15,20-21H,3-10H2,1-2H3/b19-13+. The molecule has 0 atom stereocenters. The summed E-state index contributed by atoms with van der Waals surface area (Å²) in [5.41, 5.74) is 0.935. The SMILES string of the molecule is CCCCCC(/C=C1\Nc2ccc(O)cc2O1)CCCCC. The molecule has 122 valence electrons. The number of benzene rings is 1. The lowest BCUT2D eigenvalue weighted by molar-refractivity contribution is 0.422. The predicted octanol–water partition coefficient (Wildman–Crippen LogP) is 5.81. The Hall–Kier alpha value is -1.64. The third-order valence-corrected chi connectivity index (χ3v) is 4.19. The fourth-order valence-corrected chi connectivity index (χ4v) is 2.89. The van der Waals surface area contributed by atoms with E-state index in [9.17, 15) is 5.11 Å². The molecule has 1 heterocycles. The van der Waals surface area contributed by atoms with Crippen molar-refractivity contribution in [3.63, 3.8) is 0 Å². The predicted molar refractivity (Wildman–Crippen MR) is 92.2 cm³/mol. The van der Waals surface area contributed by atoms with E-state index in [-0.39, 0.29) is 5.75 Å². The summed E-state index contributed by atoms with van der Waals surface area (Å²) in [6, 6.07) is 5.19. The number of phenols is 1. The smallest absolute Gasteiger partial charge is 0.194 e. The number of nitrogens with one attached hydrogen (secondary N) is 1. The molecule has 3 nitrogen and oxygen atoms in total. The van der Waals surface area contributed by atoms with Crippen LogP contribution in [0.15, 0.2) is 30.2 Å². The van der Waals surface area contributed by atoms with Crippen LogP contribution in [0.25, 0.3) is 0 Å². The number of hydrogen-bond donors (Lipinski definition) is 2. The molecule has 1 aliphatic heterocycles. The van der Waals surface area contributed by atoms with Gasteiger partial charge in [-0.3, -0.25) is 0 Å². The third-order valence-electron chi connectivity index (χ3n) is 4.19. The number of rotatable bonds is 9. The number of hydrogen-bond acceptors (Lipinski definition) is 3. The summed E-state index contributed by atoms with van der Waals surface area (Å²) in [7, 11) is 0. The molecule has 0 amide bonds. The number of aromatic hydroxyl groups is 1. The van der Waals surface area contributed by atoms with E-state index >= 15 is 0 Å². The van der Waals surface area contributed by atoms with E-state index < -0.39 is 0 Å². The molecule has 0 spiro atoms. The highest BCUT2D eigenvalue weighted by Gasteiger charge is 2.18. The summed E-state index contributed by atoms with van der Waals surface area (Å²) < 4.78 is 5.82. The first kappa shape index (κ1) is 16.7. The van der Waals surface area contributed by atoms with Gasteiger partial charge in [-0.05, 0) is 37.0 Å². The monoisotopic (exact) mass is 303 g/mol. The van der Waals surface area contributed by atoms with Crippen LogP contribution in [0, 0.1) is 5.92 Å². The van der Waals surface area contributed by atoms with Crippen molar-refractivity contribution in [3.05, 3.63) is 30.2 Å². The van der Waals surface area contributed by atoms with E-state index in [0.29, 0.717) is 11.7 Å². The van der Waals surface area contributed by atoms with Crippen molar-refractivity contribution in [1.82, 2.24) is 0 Å². The molecule has 2 N–H and O–H groups in total. The van der Waals surface area contributed by atoms with Gasteiger partial charge in [-0.25, -0.2) is 0 Å². The zero-order valence-electron chi connectivity index (χ0n) is 13.9. The second-order valence-electron chi connectivity index (χ2n) is 6.19. The summed E-state index contributed by atoms with van der Waals surface area (Å²) >= 11 is 0. The van der Waals surface area contributed by atoms with E-state index in [1.807, 2.05) is 6.07 Å². The molecular weight excluding hydrogens is 274 g/mol. The van der Waals surface area contributed by atoms with Gasteiger partial charge in [0.05, 0.1) is 5.69 Å². The summed E-state index contributed by atoms with van der Waals surface area (Å²) in [6.07, 6.45) is 12.4.